The van der Waals surface area contributed by atoms with Crippen molar-refractivity contribution >= 4 is 0 Å². The van der Waals surface area contributed by atoms with Gasteiger partial charge in [0.1, 0.15) is 5.60 Å². The van der Waals surface area contributed by atoms with Crippen molar-refractivity contribution in [3.8, 4) is 0 Å². The number of hydrogen-bond donors (Lipinski definition) is 1. The zero-order valence-corrected chi connectivity index (χ0v) is 5.46. The van der Waals surface area contributed by atoms with Gasteiger partial charge in [-0.3, -0.25) is 0 Å². The molecule has 0 fully saturated rings. The zero-order valence-electron chi connectivity index (χ0n) is 5.46. The van der Waals surface area contributed by atoms with E-state index in [0.29, 0.717) is 5.76 Å². The highest BCUT2D eigenvalue weighted by Gasteiger charge is 2.18. The summed E-state index contributed by atoms with van der Waals surface area (Å²) in [6.45, 7) is 3.29. The van der Waals surface area contributed by atoms with Gasteiger partial charge in [0, 0.05) is 0 Å². The van der Waals surface area contributed by atoms with Crippen molar-refractivity contribution in [1.29, 1.82) is 0 Å². The van der Waals surface area contributed by atoms with Gasteiger partial charge in [-0.1, -0.05) is 0 Å². The molecule has 1 heterocycles. The van der Waals surface area contributed by atoms with Crippen LogP contribution in [0.5, 0.6) is 0 Å². The molecule has 3 heteroatoms. The molecule has 0 aliphatic heterocycles. The minimum absolute atomic E-state index is 0.488. The van der Waals surface area contributed by atoms with Crippen LogP contribution in [0, 0.1) is 0 Å². The van der Waals surface area contributed by atoms with Gasteiger partial charge in [-0.2, -0.15) is 0 Å². The Morgan fingerprint density at radius 1 is 1.67 bits per heavy atom. The maximum atomic E-state index is 9.24. The summed E-state index contributed by atoms with van der Waals surface area (Å²) in [4.78, 5) is 3.66. The van der Waals surface area contributed by atoms with Gasteiger partial charge in [0.15, 0.2) is 12.2 Å². The predicted molar refractivity (Wildman–Crippen MR) is 31.7 cm³/mol. The molecule has 3 nitrogen and oxygen atoms in total. The van der Waals surface area contributed by atoms with E-state index < -0.39 is 5.60 Å². The molecule has 0 saturated carbocycles. The van der Waals surface area contributed by atoms with E-state index in [4.69, 9.17) is 4.42 Å². The molecule has 0 aliphatic rings. The standard InChI is InChI=1S/C6H9NO2/c1-6(2,8)5-3-7-4-9-5/h3-4,8H,1-2H3. The Labute approximate surface area is 53.3 Å². The van der Waals surface area contributed by atoms with Gasteiger partial charge in [-0.15, -0.1) is 0 Å². The van der Waals surface area contributed by atoms with Crippen LogP contribution in [0.15, 0.2) is 17.0 Å². The van der Waals surface area contributed by atoms with Crippen LogP contribution in [0.4, 0.5) is 0 Å². The van der Waals surface area contributed by atoms with E-state index in [1.165, 1.54) is 12.6 Å². The number of oxazole rings is 1. The number of aromatic nitrogens is 1. The van der Waals surface area contributed by atoms with Crippen molar-refractivity contribution in [2.45, 2.75) is 19.4 Å². The van der Waals surface area contributed by atoms with Gasteiger partial charge in [-0.25, -0.2) is 4.98 Å². The minimum Gasteiger partial charge on any atom is -0.445 e. The highest BCUT2D eigenvalue weighted by Crippen LogP contribution is 2.17. The lowest BCUT2D eigenvalue weighted by atomic mass is 10.1. The molecule has 1 N–H and O–H groups in total. The summed E-state index contributed by atoms with van der Waals surface area (Å²) in [5.41, 5.74) is -0.906. The fourth-order valence-electron chi connectivity index (χ4n) is 0.518. The van der Waals surface area contributed by atoms with Crippen LogP contribution in [0.3, 0.4) is 0 Å². The number of rotatable bonds is 1. The highest BCUT2D eigenvalue weighted by atomic mass is 16.4. The first-order valence-electron chi connectivity index (χ1n) is 2.72. The Kier molecular flexibility index (Phi) is 1.29. The smallest absolute Gasteiger partial charge is 0.181 e. The molecule has 0 amide bonds. The van der Waals surface area contributed by atoms with Crippen molar-refractivity contribution in [3.05, 3.63) is 18.4 Å². The highest BCUT2D eigenvalue weighted by molar-refractivity contribution is 4.98. The van der Waals surface area contributed by atoms with Crippen LogP contribution >= 0.6 is 0 Å². The number of aliphatic hydroxyl groups is 1. The van der Waals surface area contributed by atoms with Crippen molar-refractivity contribution in [2.24, 2.45) is 0 Å². The first-order valence-corrected chi connectivity index (χ1v) is 2.72. The first-order chi connectivity index (χ1) is 4.11. The van der Waals surface area contributed by atoms with E-state index in [1.54, 1.807) is 13.8 Å². The first kappa shape index (κ1) is 6.29. The molecule has 1 aromatic heterocycles. The van der Waals surface area contributed by atoms with E-state index in [2.05, 4.69) is 4.98 Å². The lowest BCUT2D eigenvalue weighted by Gasteiger charge is -2.11. The fourth-order valence-corrected chi connectivity index (χ4v) is 0.518. The van der Waals surface area contributed by atoms with Gasteiger partial charge < -0.3 is 9.52 Å². The molecular formula is C6H9NO2. The molecule has 0 spiro atoms. The second-order valence-corrected chi connectivity index (χ2v) is 2.42. The third-order valence-corrected chi connectivity index (χ3v) is 1.04. The van der Waals surface area contributed by atoms with Crippen LogP contribution in [-0.4, -0.2) is 10.1 Å². The van der Waals surface area contributed by atoms with Gasteiger partial charge in [0.05, 0.1) is 6.20 Å². The largest absolute Gasteiger partial charge is 0.445 e. The Hall–Kier alpha value is -0.830. The predicted octanol–water partition coefficient (Wildman–Crippen LogP) is 0.902. The molecule has 0 bridgehead atoms. The Morgan fingerprint density at radius 2 is 2.33 bits per heavy atom. The van der Waals surface area contributed by atoms with Crippen LogP contribution in [-0.2, 0) is 5.60 Å². The Balaban J connectivity index is 2.90. The summed E-state index contributed by atoms with van der Waals surface area (Å²) in [7, 11) is 0. The molecule has 9 heavy (non-hydrogen) atoms. The zero-order chi connectivity index (χ0) is 6.91. The van der Waals surface area contributed by atoms with Gasteiger partial charge >= 0.3 is 0 Å². The van der Waals surface area contributed by atoms with Crippen molar-refractivity contribution < 1.29 is 9.52 Å². The molecule has 1 rings (SSSR count). The lowest BCUT2D eigenvalue weighted by Crippen LogP contribution is -2.13. The van der Waals surface area contributed by atoms with Gasteiger partial charge in [0.2, 0.25) is 0 Å². The van der Waals surface area contributed by atoms with E-state index in [9.17, 15) is 5.11 Å². The SMILES string of the molecule is CC(C)(O)c1cnco1. The molecule has 1 aromatic rings. The molecule has 0 aliphatic carbocycles. The van der Waals surface area contributed by atoms with Crippen LogP contribution in [0.2, 0.25) is 0 Å². The van der Waals surface area contributed by atoms with Crippen molar-refractivity contribution in [3.63, 3.8) is 0 Å². The van der Waals surface area contributed by atoms with E-state index in [-0.39, 0.29) is 0 Å². The maximum Gasteiger partial charge on any atom is 0.181 e. The van der Waals surface area contributed by atoms with Crippen LogP contribution in [0.1, 0.15) is 19.6 Å². The van der Waals surface area contributed by atoms with Crippen LogP contribution < -0.4 is 0 Å². The summed E-state index contributed by atoms with van der Waals surface area (Å²) < 4.78 is 4.84. The number of hydrogen-bond acceptors (Lipinski definition) is 3. The average molecular weight is 127 g/mol. The molecule has 0 atom stereocenters. The fraction of sp³-hybridized carbons (Fsp3) is 0.500. The van der Waals surface area contributed by atoms with Crippen molar-refractivity contribution in [2.75, 3.05) is 0 Å². The van der Waals surface area contributed by atoms with Gasteiger partial charge in [0.25, 0.3) is 0 Å². The summed E-state index contributed by atoms with van der Waals surface area (Å²) >= 11 is 0. The van der Waals surface area contributed by atoms with Gasteiger partial charge in [-0.05, 0) is 13.8 Å². The molecule has 0 aromatic carbocycles. The maximum absolute atomic E-state index is 9.24. The van der Waals surface area contributed by atoms with E-state index >= 15 is 0 Å². The molecular weight excluding hydrogens is 118 g/mol. The van der Waals surface area contributed by atoms with E-state index in [1.807, 2.05) is 0 Å². The monoisotopic (exact) mass is 127 g/mol. The topological polar surface area (TPSA) is 46.3 Å². The molecule has 0 unspecified atom stereocenters. The summed E-state index contributed by atoms with van der Waals surface area (Å²) in [6, 6.07) is 0. The van der Waals surface area contributed by atoms with Crippen molar-refractivity contribution in [1.82, 2.24) is 4.98 Å². The number of nitrogens with zero attached hydrogens (tertiary/aromatic N) is 1. The minimum atomic E-state index is -0.906. The third-order valence-electron chi connectivity index (χ3n) is 1.04. The Bertz CT molecular complexity index is 173. The average Bonchev–Trinajstić information content (AvgIpc) is 2.08. The van der Waals surface area contributed by atoms with Crippen LogP contribution in [0.25, 0.3) is 0 Å². The molecule has 50 valence electrons. The quantitative estimate of drug-likeness (QED) is 0.609. The second kappa shape index (κ2) is 1.84. The van der Waals surface area contributed by atoms with E-state index in [0.717, 1.165) is 0 Å². The molecule has 0 radical (unpaired) electrons. The molecule has 0 saturated heterocycles. The lowest BCUT2D eigenvalue weighted by molar-refractivity contribution is 0.0541. The normalized spacial score (nSPS) is 11.9. The third kappa shape index (κ3) is 1.29. The summed E-state index contributed by atoms with van der Waals surface area (Å²) in [5.74, 6) is 0.488. The summed E-state index contributed by atoms with van der Waals surface area (Å²) in [6.07, 6.45) is 2.80. The summed E-state index contributed by atoms with van der Waals surface area (Å²) in [5, 5.41) is 9.24. The Morgan fingerprint density at radius 3 is 2.56 bits per heavy atom. The second-order valence-electron chi connectivity index (χ2n) is 2.42.